The number of ether oxygens (including phenoxy) is 2. The highest BCUT2D eigenvalue weighted by molar-refractivity contribution is 5.49. The Labute approximate surface area is 160 Å². The quantitative estimate of drug-likeness (QED) is 0.833. The van der Waals surface area contributed by atoms with Gasteiger partial charge in [0.15, 0.2) is 11.5 Å². The van der Waals surface area contributed by atoms with E-state index in [9.17, 15) is 13.9 Å². The fraction of sp³-hybridized carbons (Fsp3) is 0.714. The minimum Gasteiger partial charge on any atom is -0.493 e. The first-order chi connectivity index (χ1) is 12.7. The second kappa shape index (κ2) is 7.92. The van der Waals surface area contributed by atoms with Crippen molar-refractivity contribution in [3.63, 3.8) is 0 Å². The molecule has 1 saturated heterocycles. The number of methoxy groups -OCH3 is 1. The van der Waals surface area contributed by atoms with Crippen LogP contribution in [0.25, 0.3) is 0 Å². The van der Waals surface area contributed by atoms with Crippen LogP contribution in [0.5, 0.6) is 11.5 Å². The summed E-state index contributed by atoms with van der Waals surface area (Å²) in [6.07, 6.45) is -0.326. The summed E-state index contributed by atoms with van der Waals surface area (Å²) in [4.78, 5) is 2.45. The molecule has 3 rings (SSSR count). The lowest BCUT2D eigenvalue weighted by atomic mass is 9.75. The van der Waals surface area contributed by atoms with Crippen molar-refractivity contribution in [2.24, 2.45) is 11.3 Å². The highest BCUT2D eigenvalue weighted by Crippen LogP contribution is 2.44. The minimum absolute atomic E-state index is 0.137. The molecule has 4 nitrogen and oxygen atoms in total. The maximum absolute atomic E-state index is 12.5. The number of nitrogens with zero attached hydrogens (tertiary/aromatic N) is 1. The Morgan fingerprint density at radius 2 is 2.00 bits per heavy atom. The SMILES string of the molecule is COc1cc2c(cc1OCC(F)F)CCN1C[C@H](CC(C)(C)C)[C@H](O)C[C@@H]21. The molecule has 0 aromatic heterocycles. The predicted octanol–water partition coefficient (Wildman–Crippen LogP) is 4.06. The number of hydrogen-bond acceptors (Lipinski definition) is 4. The Balaban J connectivity index is 1.82. The molecule has 152 valence electrons. The third-order valence-corrected chi connectivity index (χ3v) is 5.61. The van der Waals surface area contributed by atoms with Gasteiger partial charge in [0.25, 0.3) is 6.43 Å². The van der Waals surface area contributed by atoms with E-state index in [1.807, 2.05) is 12.1 Å². The van der Waals surface area contributed by atoms with Gasteiger partial charge in [-0.3, -0.25) is 4.90 Å². The van der Waals surface area contributed by atoms with Gasteiger partial charge in [-0.15, -0.1) is 0 Å². The van der Waals surface area contributed by atoms with Crippen LogP contribution in [0.2, 0.25) is 0 Å². The number of aliphatic hydroxyl groups is 1. The van der Waals surface area contributed by atoms with Gasteiger partial charge < -0.3 is 14.6 Å². The summed E-state index contributed by atoms with van der Waals surface area (Å²) in [7, 11) is 1.52. The zero-order valence-electron chi connectivity index (χ0n) is 16.7. The molecular weight excluding hydrogens is 352 g/mol. The van der Waals surface area contributed by atoms with Crippen LogP contribution in [0, 0.1) is 11.3 Å². The largest absolute Gasteiger partial charge is 0.493 e. The van der Waals surface area contributed by atoms with Gasteiger partial charge in [-0.2, -0.15) is 0 Å². The van der Waals surface area contributed by atoms with Crippen molar-refractivity contribution >= 4 is 0 Å². The lowest BCUT2D eigenvalue weighted by molar-refractivity contribution is -0.0259. The molecule has 0 saturated carbocycles. The standard InChI is InChI=1S/C21H31F2NO3/c1-21(2,3)10-14-11-24-6-5-13-7-19(27-12-20(22)23)18(26-4)8-15(13)16(24)9-17(14)25/h7-8,14,16-17,20,25H,5-6,9-12H2,1-4H3/t14-,16-,17+/m0/s1. The van der Waals surface area contributed by atoms with Crippen LogP contribution in [-0.4, -0.2) is 49.3 Å². The summed E-state index contributed by atoms with van der Waals surface area (Å²) in [6, 6.07) is 3.88. The number of halogens is 2. The Kier molecular flexibility index (Phi) is 5.96. The molecule has 2 heterocycles. The van der Waals surface area contributed by atoms with Crippen molar-refractivity contribution < 1.29 is 23.4 Å². The summed E-state index contributed by atoms with van der Waals surface area (Å²) < 4.78 is 35.7. The molecule has 0 aliphatic carbocycles. The van der Waals surface area contributed by atoms with Crippen LogP contribution < -0.4 is 9.47 Å². The lowest BCUT2D eigenvalue weighted by Crippen LogP contribution is -2.48. The van der Waals surface area contributed by atoms with Gasteiger partial charge in [0.1, 0.15) is 6.61 Å². The third-order valence-electron chi connectivity index (χ3n) is 5.61. The van der Waals surface area contributed by atoms with Gasteiger partial charge in [-0.25, -0.2) is 8.78 Å². The van der Waals surface area contributed by atoms with Crippen LogP contribution in [0.1, 0.15) is 50.8 Å². The second-order valence-corrected chi connectivity index (χ2v) is 8.99. The molecule has 0 unspecified atom stereocenters. The van der Waals surface area contributed by atoms with Crippen molar-refractivity contribution in [2.75, 3.05) is 26.8 Å². The molecule has 2 aliphatic heterocycles. The first-order valence-electron chi connectivity index (χ1n) is 9.72. The number of rotatable bonds is 5. The lowest BCUT2D eigenvalue weighted by Gasteiger charge is -2.47. The zero-order valence-corrected chi connectivity index (χ0v) is 16.7. The Hall–Kier alpha value is -1.40. The molecule has 0 radical (unpaired) electrons. The van der Waals surface area contributed by atoms with Crippen molar-refractivity contribution in [3.05, 3.63) is 23.3 Å². The molecule has 3 atom stereocenters. The van der Waals surface area contributed by atoms with Gasteiger partial charge in [-0.1, -0.05) is 20.8 Å². The van der Waals surface area contributed by atoms with E-state index in [0.29, 0.717) is 17.9 Å². The summed E-state index contributed by atoms with van der Waals surface area (Å²) in [5.74, 6) is 1.12. The molecule has 0 spiro atoms. The van der Waals surface area contributed by atoms with E-state index >= 15 is 0 Å². The van der Waals surface area contributed by atoms with Gasteiger partial charge in [0, 0.05) is 19.1 Å². The topological polar surface area (TPSA) is 41.9 Å². The van der Waals surface area contributed by atoms with E-state index < -0.39 is 13.0 Å². The molecule has 27 heavy (non-hydrogen) atoms. The van der Waals surface area contributed by atoms with Crippen LogP contribution in [0.3, 0.4) is 0 Å². The zero-order chi connectivity index (χ0) is 19.8. The highest BCUT2D eigenvalue weighted by atomic mass is 19.3. The minimum atomic E-state index is -2.52. The smallest absolute Gasteiger partial charge is 0.272 e. The summed E-state index contributed by atoms with van der Waals surface area (Å²) in [5.41, 5.74) is 2.41. The number of fused-ring (bicyclic) bond motifs is 3. The van der Waals surface area contributed by atoms with Crippen molar-refractivity contribution in [1.29, 1.82) is 0 Å². The molecule has 1 fully saturated rings. The van der Waals surface area contributed by atoms with E-state index in [0.717, 1.165) is 37.1 Å². The number of benzene rings is 1. The van der Waals surface area contributed by atoms with Crippen molar-refractivity contribution in [2.45, 2.75) is 58.6 Å². The fourth-order valence-corrected chi connectivity index (χ4v) is 4.51. The summed E-state index contributed by atoms with van der Waals surface area (Å²) >= 11 is 0. The van der Waals surface area contributed by atoms with Crippen molar-refractivity contribution in [3.8, 4) is 11.5 Å². The van der Waals surface area contributed by atoms with Gasteiger partial charge in [-0.05, 0) is 53.9 Å². The number of alkyl halides is 2. The Morgan fingerprint density at radius 1 is 1.26 bits per heavy atom. The first-order valence-corrected chi connectivity index (χ1v) is 9.72. The molecule has 0 amide bonds. The van der Waals surface area contributed by atoms with Gasteiger partial charge in [0.2, 0.25) is 0 Å². The maximum atomic E-state index is 12.5. The molecular formula is C21H31F2NO3. The summed E-state index contributed by atoms with van der Waals surface area (Å²) in [6.45, 7) is 7.79. The second-order valence-electron chi connectivity index (χ2n) is 8.99. The molecule has 1 aromatic rings. The maximum Gasteiger partial charge on any atom is 0.272 e. The van der Waals surface area contributed by atoms with Crippen molar-refractivity contribution in [1.82, 2.24) is 4.90 Å². The van der Waals surface area contributed by atoms with Crippen LogP contribution in [0.4, 0.5) is 8.78 Å². The van der Waals surface area contributed by atoms with E-state index in [4.69, 9.17) is 9.47 Å². The third kappa shape index (κ3) is 4.72. The highest BCUT2D eigenvalue weighted by Gasteiger charge is 2.39. The van der Waals surface area contributed by atoms with Crippen LogP contribution >= 0.6 is 0 Å². The predicted molar refractivity (Wildman–Crippen MR) is 101 cm³/mol. The van der Waals surface area contributed by atoms with Gasteiger partial charge >= 0.3 is 0 Å². The summed E-state index contributed by atoms with van der Waals surface area (Å²) in [5, 5.41) is 10.8. The average molecular weight is 383 g/mol. The molecule has 0 bridgehead atoms. The van der Waals surface area contributed by atoms with E-state index in [1.54, 1.807) is 0 Å². The van der Waals surface area contributed by atoms with E-state index in [-0.39, 0.29) is 23.5 Å². The molecule has 1 N–H and O–H groups in total. The Morgan fingerprint density at radius 3 is 2.63 bits per heavy atom. The van der Waals surface area contributed by atoms with Gasteiger partial charge in [0.05, 0.1) is 13.2 Å². The molecule has 1 aromatic carbocycles. The molecule has 2 aliphatic rings. The first kappa shape index (κ1) is 20.3. The monoisotopic (exact) mass is 383 g/mol. The van der Waals surface area contributed by atoms with E-state index in [2.05, 4.69) is 25.7 Å². The Bertz CT molecular complexity index is 660. The van der Waals surface area contributed by atoms with Crippen LogP contribution in [-0.2, 0) is 6.42 Å². The average Bonchev–Trinajstić information content (AvgIpc) is 2.58. The number of aliphatic hydroxyl groups excluding tert-OH is 1. The van der Waals surface area contributed by atoms with Crippen LogP contribution in [0.15, 0.2) is 12.1 Å². The fourth-order valence-electron chi connectivity index (χ4n) is 4.51. The number of piperidine rings is 1. The van der Waals surface area contributed by atoms with E-state index in [1.165, 1.54) is 7.11 Å². The normalized spacial score (nSPS) is 25.9. The number of hydrogen-bond donors (Lipinski definition) is 1. The molecule has 6 heteroatoms.